The van der Waals surface area contributed by atoms with Crippen LogP contribution in [0.5, 0.6) is 0 Å². The third-order valence-electron chi connectivity index (χ3n) is 3.62. The Hall–Kier alpha value is -2.73. The molecule has 7 heteroatoms. The smallest absolute Gasteiger partial charge is 0.341 e. The van der Waals surface area contributed by atoms with E-state index in [0.29, 0.717) is 22.6 Å². The third kappa shape index (κ3) is 3.69. The van der Waals surface area contributed by atoms with Crippen LogP contribution < -0.4 is 0 Å². The molecule has 0 aliphatic carbocycles. The number of benzene rings is 2. The van der Waals surface area contributed by atoms with E-state index in [4.69, 9.17) is 20.9 Å². The Kier molecular flexibility index (Phi) is 4.81. The van der Waals surface area contributed by atoms with Gasteiger partial charge in [-0.3, -0.25) is 0 Å². The number of ether oxygens (including phenoxy) is 1. The Balaban J connectivity index is 1.75. The number of halogens is 3. The monoisotopic (exact) mass is 363 g/mol. The number of nitrogens with zero attached hydrogens (tertiary/aromatic N) is 1. The number of carbonyl (C=O) groups excluding carboxylic acids is 1. The molecular formula is C18H12ClF2NO3. The highest BCUT2D eigenvalue weighted by Gasteiger charge is 2.18. The van der Waals surface area contributed by atoms with Crippen molar-refractivity contribution < 1.29 is 22.8 Å². The molecule has 0 aliphatic rings. The Labute approximate surface area is 147 Å². The molecule has 128 valence electrons. The second-order valence-electron chi connectivity index (χ2n) is 5.29. The Bertz CT molecular complexity index is 923. The number of hydrogen-bond acceptors (Lipinski definition) is 4. The molecule has 25 heavy (non-hydrogen) atoms. The maximum Gasteiger partial charge on any atom is 0.341 e. The molecule has 0 saturated carbocycles. The van der Waals surface area contributed by atoms with Crippen molar-refractivity contribution in [3.63, 3.8) is 0 Å². The largest absolute Gasteiger partial charge is 0.455 e. The third-order valence-corrected chi connectivity index (χ3v) is 3.85. The lowest BCUT2D eigenvalue weighted by Gasteiger charge is -2.05. The van der Waals surface area contributed by atoms with E-state index in [0.717, 1.165) is 6.07 Å². The van der Waals surface area contributed by atoms with E-state index in [-0.39, 0.29) is 23.0 Å². The van der Waals surface area contributed by atoms with Crippen LogP contribution in [0.2, 0.25) is 5.02 Å². The summed E-state index contributed by atoms with van der Waals surface area (Å²) >= 11 is 5.76. The number of rotatable bonds is 4. The van der Waals surface area contributed by atoms with Crippen LogP contribution in [-0.2, 0) is 11.3 Å². The van der Waals surface area contributed by atoms with Crippen molar-refractivity contribution in [1.82, 2.24) is 5.16 Å². The summed E-state index contributed by atoms with van der Waals surface area (Å²) in [6, 6.07) is 9.34. The highest BCUT2D eigenvalue weighted by atomic mass is 35.5. The summed E-state index contributed by atoms with van der Waals surface area (Å²) < 4.78 is 37.0. The minimum absolute atomic E-state index is 0.193. The molecule has 0 radical (unpaired) electrons. The molecule has 0 saturated heterocycles. The molecule has 0 amide bonds. The van der Waals surface area contributed by atoms with Crippen molar-refractivity contribution in [3.8, 4) is 11.3 Å². The van der Waals surface area contributed by atoms with Gasteiger partial charge in [0.25, 0.3) is 0 Å². The average molecular weight is 364 g/mol. The maximum absolute atomic E-state index is 13.7. The summed E-state index contributed by atoms with van der Waals surface area (Å²) in [4.78, 5) is 12.0. The second kappa shape index (κ2) is 7.03. The average Bonchev–Trinajstić information content (AvgIpc) is 2.96. The summed E-state index contributed by atoms with van der Waals surface area (Å²) in [5.41, 5.74) is 1.42. The van der Waals surface area contributed by atoms with Crippen LogP contribution in [0, 0.1) is 18.6 Å². The summed E-state index contributed by atoms with van der Waals surface area (Å²) in [5.74, 6) is -1.50. The van der Waals surface area contributed by atoms with Crippen molar-refractivity contribution in [1.29, 1.82) is 0 Å². The van der Waals surface area contributed by atoms with Crippen LogP contribution >= 0.6 is 11.6 Å². The number of esters is 1. The predicted octanol–water partition coefficient (Wildman–Crippen LogP) is 4.94. The standard InChI is InChI=1S/C18H12ClF2NO3/c1-10-16(22-25-17(10)11-2-5-13(20)6-3-11)9-24-18(23)14-8-12(19)4-7-15(14)21/h2-8H,9H2,1H3. The minimum Gasteiger partial charge on any atom is -0.455 e. The lowest BCUT2D eigenvalue weighted by Crippen LogP contribution is -2.08. The maximum atomic E-state index is 13.7. The molecule has 4 nitrogen and oxygen atoms in total. The zero-order chi connectivity index (χ0) is 18.0. The number of hydrogen-bond donors (Lipinski definition) is 0. The normalized spacial score (nSPS) is 10.7. The van der Waals surface area contributed by atoms with Gasteiger partial charge in [0.1, 0.15) is 23.9 Å². The molecule has 0 fully saturated rings. The van der Waals surface area contributed by atoms with Crippen molar-refractivity contribution in [2.24, 2.45) is 0 Å². The fraction of sp³-hybridized carbons (Fsp3) is 0.111. The SMILES string of the molecule is Cc1c(COC(=O)c2cc(Cl)ccc2F)noc1-c1ccc(F)cc1. The van der Waals surface area contributed by atoms with Gasteiger partial charge in [-0.05, 0) is 49.4 Å². The minimum atomic E-state index is -0.856. The number of carbonyl (C=O) groups is 1. The zero-order valence-corrected chi connectivity index (χ0v) is 13.8. The molecule has 0 aliphatic heterocycles. The van der Waals surface area contributed by atoms with E-state index >= 15 is 0 Å². The van der Waals surface area contributed by atoms with Crippen molar-refractivity contribution in [2.75, 3.05) is 0 Å². The molecule has 3 aromatic rings. The first-order chi connectivity index (χ1) is 12.0. The van der Waals surface area contributed by atoms with Crippen LogP contribution in [0.4, 0.5) is 8.78 Å². The highest BCUT2D eigenvalue weighted by Crippen LogP contribution is 2.26. The predicted molar refractivity (Wildman–Crippen MR) is 87.2 cm³/mol. The van der Waals surface area contributed by atoms with Gasteiger partial charge in [0.2, 0.25) is 0 Å². The zero-order valence-electron chi connectivity index (χ0n) is 13.1. The van der Waals surface area contributed by atoms with Gasteiger partial charge in [-0.1, -0.05) is 16.8 Å². The van der Waals surface area contributed by atoms with Gasteiger partial charge in [-0.2, -0.15) is 0 Å². The fourth-order valence-corrected chi connectivity index (χ4v) is 2.41. The van der Waals surface area contributed by atoms with Gasteiger partial charge in [-0.15, -0.1) is 0 Å². The quantitative estimate of drug-likeness (QED) is 0.616. The molecule has 2 aromatic carbocycles. The second-order valence-corrected chi connectivity index (χ2v) is 5.73. The van der Waals surface area contributed by atoms with Gasteiger partial charge < -0.3 is 9.26 Å². The van der Waals surface area contributed by atoms with E-state index in [1.165, 1.54) is 24.3 Å². The van der Waals surface area contributed by atoms with Crippen LogP contribution in [0.25, 0.3) is 11.3 Å². The summed E-state index contributed by atoms with van der Waals surface area (Å²) in [7, 11) is 0. The van der Waals surface area contributed by atoms with Crippen molar-refractivity contribution in [2.45, 2.75) is 13.5 Å². The van der Waals surface area contributed by atoms with Crippen molar-refractivity contribution >= 4 is 17.6 Å². The van der Waals surface area contributed by atoms with E-state index in [1.54, 1.807) is 19.1 Å². The fourth-order valence-electron chi connectivity index (χ4n) is 2.24. The first-order valence-corrected chi connectivity index (χ1v) is 7.67. The first kappa shape index (κ1) is 17.1. The van der Waals surface area contributed by atoms with E-state index in [2.05, 4.69) is 5.16 Å². The molecule has 0 spiro atoms. The Morgan fingerprint density at radius 3 is 2.64 bits per heavy atom. The van der Waals surface area contributed by atoms with Crippen LogP contribution in [0.15, 0.2) is 47.0 Å². The van der Waals surface area contributed by atoms with Gasteiger partial charge in [0, 0.05) is 16.1 Å². The first-order valence-electron chi connectivity index (χ1n) is 7.29. The van der Waals surface area contributed by atoms with Crippen LogP contribution in [0.3, 0.4) is 0 Å². The molecule has 0 unspecified atom stereocenters. The van der Waals surface area contributed by atoms with Gasteiger partial charge in [0.15, 0.2) is 5.76 Å². The van der Waals surface area contributed by atoms with E-state index in [9.17, 15) is 13.6 Å². The van der Waals surface area contributed by atoms with Gasteiger partial charge >= 0.3 is 5.97 Å². The topological polar surface area (TPSA) is 52.3 Å². The molecule has 1 aromatic heterocycles. The van der Waals surface area contributed by atoms with Gasteiger partial charge in [-0.25, -0.2) is 13.6 Å². The van der Waals surface area contributed by atoms with Crippen molar-refractivity contribution in [3.05, 3.63) is 75.9 Å². The summed E-state index contributed by atoms with van der Waals surface area (Å²) in [6.07, 6.45) is 0. The van der Waals surface area contributed by atoms with E-state index < -0.39 is 11.8 Å². The summed E-state index contributed by atoms with van der Waals surface area (Å²) in [6.45, 7) is 1.54. The highest BCUT2D eigenvalue weighted by molar-refractivity contribution is 6.30. The molecule has 0 N–H and O–H groups in total. The molecule has 3 rings (SSSR count). The number of aromatic nitrogens is 1. The molecular weight excluding hydrogens is 352 g/mol. The lowest BCUT2D eigenvalue weighted by atomic mass is 10.1. The Morgan fingerprint density at radius 1 is 1.20 bits per heavy atom. The molecule has 1 heterocycles. The molecule has 0 bridgehead atoms. The van der Waals surface area contributed by atoms with Crippen LogP contribution in [0.1, 0.15) is 21.6 Å². The lowest BCUT2D eigenvalue weighted by molar-refractivity contribution is 0.0458. The van der Waals surface area contributed by atoms with E-state index in [1.807, 2.05) is 0 Å². The van der Waals surface area contributed by atoms with Gasteiger partial charge in [0.05, 0.1) is 5.56 Å². The Morgan fingerprint density at radius 2 is 1.92 bits per heavy atom. The molecule has 0 atom stereocenters. The summed E-state index contributed by atoms with van der Waals surface area (Å²) in [5, 5.41) is 4.08. The van der Waals surface area contributed by atoms with Crippen LogP contribution in [-0.4, -0.2) is 11.1 Å².